The summed E-state index contributed by atoms with van der Waals surface area (Å²) in [6, 6.07) is 6.26. The number of carbonyl (C=O) groups is 1. The molecule has 0 spiro atoms. The molecule has 0 amide bonds. The lowest BCUT2D eigenvalue weighted by Gasteiger charge is -2.06. The third kappa shape index (κ3) is 3.10. The molecule has 100 valence electrons. The molecule has 1 heterocycles. The van der Waals surface area contributed by atoms with Crippen molar-refractivity contribution in [2.45, 2.75) is 25.2 Å². The molecule has 2 rings (SSSR count). The number of hydrogen-bond donors (Lipinski definition) is 0. The Kier molecular flexibility index (Phi) is 4.14. The molecule has 0 aliphatic rings. The molecule has 0 N–H and O–H groups in total. The van der Waals surface area contributed by atoms with Crippen molar-refractivity contribution in [2.24, 2.45) is 0 Å². The molecule has 0 saturated carbocycles. The summed E-state index contributed by atoms with van der Waals surface area (Å²) in [4.78, 5) is 11.7. The van der Waals surface area contributed by atoms with E-state index in [4.69, 9.17) is 0 Å². The number of carbonyl (C=O) groups excluding carboxylic acids is 1. The second-order valence-electron chi connectivity index (χ2n) is 4.41. The molecule has 0 bridgehead atoms. The summed E-state index contributed by atoms with van der Waals surface area (Å²) in [7, 11) is 0. The van der Waals surface area contributed by atoms with E-state index in [9.17, 15) is 9.18 Å². The number of nitrogens with zero attached hydrogens (tertiary/aromatic N) is 2. The maximum absolute atomic E-state index is 12.8. The van der Waals surface area contributed by atoms with E-state index >= 15 is 0 Å². The number of alkyl halides is 1. The number of benzene rings is 1. The number of ketones is 1. The number of Topliss-reactive ketones (excluding diaryl/α,β-unsaturated/α-hetero) is 1. The molecule has 1 unspecified atom stereocenters. The van der Waals surface area contributed by atoms with Gasteiger partial charge in [-0.2, -0.15) is 5.10 Å². The molecular formula is C14H14BrFN2O. The predicted molar refractivity (Wildman–Crippen MR) is 75.2 cm³/mol. The smallest absolute Gasteiger partial charge is 0.179 e. The molecule has 3 nitrogen and oxygen atoms in total. The van der Waals surface area contributed by atoms with E-state index in [1.807, 2.05) is 6.92 Å². The van der Waals surface area contributed by atoms with Gasteiger partial charge in [-0.25, -0.2) is 4.39 Å². The quantitative estimate of drug-likeness (QED) is 0.638. The minimum absolute atomic E-state index is 0.0165. The van der Waals surface area contributed by atoms with Crippen LogP contribution in [-0.4, -0.2) is 20.4 Å². The van der Waals surface area contributed by atoms with Crippen molar-refractivity contribution in [3.05, 3.63) is 53.1 Å². The van der Waals surface area contributed by atoms with E-state index in [0.717, 1.165) is 11.3 Å². The van der Waals surface area contributed by atoms with Crippen LogP contribution >= 0.6 is 15.9 Å². The zero-order valence-electron chi connectivity index (χ0n) is 10.7. The van der Waals surface area contributed by atoms with Crippen molar-refractivity contribution in [3.63, 3.8) is 0 Å². The van der Waals surface area contributed by atoms with Gasteiger partial charge in [0, 0.05) is 5.69 Å². The van der Waals surface area contributed by atoms with Gasteiger partial charge in [-0.3, -0.25) is 9.48 Å². The monoisotopic (exact) mass is 324 g/mol. The van der Waals surface area contributed by atoms with Gasteiger partial charge in [-0.15, -0.1) is 0 Å². The van der Waals surface area contributed by atoms with Crippen LogP contribution in [0.1, 0.15) is 28.5 Å². The first-order chi connectivity index (χ1) is 8.99. The van der Waals surface area contributed by atoms with E-state index in [1.165, 1.54) is 12.1 Å². The number of halogens is 2. The standard InChI is InChI=1S/C14H14BrFN2O/c1-9(15)14(19)13-7-17-18(10(13)2)8-11-3-5-12(16)6-4-11/h3-7,9H,8H2,1-2H3. The molecule has 1 atom stereocenters. The van der Waals surface area contributed by atoms with Crippen LogP contribution in [0.5, 0.6) is 0 Å². The van der Waals surface area contributed by atoms with Crippen LogP contribution in [0.25, 0.3) is 0 Å². The van der Waals surface area contributed by atoms with Crippen LogP contribution in [0.3, 0.4) is 0 Å². The van der Waals surface area contributed by atoms with E-state index in [2.05, 4.69) is 21.0 Å². The zero-order valence-corrected chi connectivity index (χ0v) is 12.3. The first-order valence-electron chi connectivity index (χ1n) is 5.94. The Labute approximate surface area is 119 Å². The Morgan fingerprint density at radius 1 is 1.42 bits per heavy atom. The zero-order chi connectivity index (χ0) is 14.0. The SMILES string of the molecule is Cc1c(C(=O)C(C)Br)cnn1Cc1ccc(F)cc1. The Morgan fingerprint density at radius 3 is 2.63 bits per heavy atom. The van der Waals surface area contributed by atoms with Gasteiger partial charge in [0.1, 0.15) is 5.82 Å². The van der Waals surface area contributed by atoms with Crippen molar-refractivity contribution >= 4 is 21.7 Å². The Hall–Kier alpha value is -1.49. The molecule has 0 fully saturated rings. The minimum atomic E-state index is -0.259. The molecule has 0 radical (unpaired) electrons. The van der Waals surface area contributed by atoms with Crippen molar-refractivity contribution in [2.75, 3.05) is 0 Å². The molecule has 0 aliphatic heterocycles. The van der Waals surface area contributed by atoms with Gasteiger partial charge in [0.2, 0.25) is 0 Å². The fraction of sp³-hybridized carbons (Fsp3) is 0.286. The lowest BCUT2D eigenvalue weighted by molar-refractivity contribution is 0.0995. The summed E-state index contributed by atoms with van der Waals surface area (Å²) in [5.74, 6) is -0.243. The van der Waals surface area contributed by atoms with Crippen LogP contribution in [0.2, 0.25) is 0 Å². The van der Waals surface area contributed by atoms with Crippen molar-refractivity contribution < 1.29 is 9.18 Å². The summed E-state index contributed by atoms with van der Waals surface area (Å²) in [5, 5.41) is 4.22. The maximum atomic E-state index is 12.8. The second kappa shape index (κ2) is 5.65. The molecule has 0 aliphatic carbocycles. The molecule has 2 aromatic rings. The molecule has 5 heteroatoms. The molecular weight excluding hydrogens is 311 g/mol. The molecule has 1 aromatic carbocycles. The van der Waals surface area contributed by atoms with Gasteiger partial charge >= 0.3 is 0 Å². The third-order valence-electron chi connectivity index (χ3n) is 2.98. The van der Waals surface area contributed by atoms with Gasteiger partial charge in [-0.1, -0.05) is 28.1 Å². The summed E-state index contributed by atoms with van der Waals surface area (Å²) in [6.45, 7) is 4.17. The van der Waals surface area contributed by atoms with Gasteiger partial charge in [0.05, 0.1) is 23.1 Å². The van der Waals surface area contributed by atoms with E-state index in [0.29, 0.717) is 12.1 Å². The van der Waals surface area contributed by atoms with Crippen LogP contribution in [-0.2, 0) is 6.54 Å². The Morgan fingerprint density at radius 2 is 2.05 bits per heavy atom. The molecule has 19 heavy (non-hydrogen) atoms. The lowest BCUT2D eigenvalue weighted by atomic mass is 10.1. The lowest BCUT2D eigenvalue weighted by Crippen LogP contribution is -2.12. The fourth-order valence-corrected chi connectivity index (χ4v) is 2.07. The summed E-state index contributed by atoms with van der Waals surface area (Å²) in [5.41, 5.74) is 2.38. The van der Waals surface area contributed by atoms with E-state index < -0.39 is 0 Å². The summed E-state index contributed by atoms with van der Waals surface area (Å²) in [6.07, 6.45) is 1.58. The van der Waals surface area contributed by atoms with Crippen LogP contribution < -0.4 is 0 Å². The van der Waals surface area contributed by atoms with E-state index in [-0.39, 0.29) is 16.4 Å². The second-order valence-corrected chi connectivity index (χ2v) is 5.78. The van der Waals surface area contributed by atoms with Crippen molar-refractivity contribution in [3.8, 4) is 0 Å². The molecule has 1 aromatic heterocycles. The maximum Gasteiger partial charge on any atom is 0.179 e. The highest BCUT2D eigenvalue weighted by atomic mass is 79.9. The van der Waals surface area contributed by atoms with Crippen LogP contribution in [0, 0.1) is 12.7 Å². The minimum Gasteiger partial charge on any atom is -0.293 e. The van der Waals surface area contributed by atoms with Crippen LogP contribution in [0.15, 0.2) is 30.5 Å². The van der Waals surface area contributed by atoms with Crippen molar-refractivity contribution in [1.82, 2.24) is 9.78 Å². The Bertz CT molecular complexity index is 590. The average molecular weight is 325 g/mol. The summed E-state index contributed by atoms with van der Waals surface area (Å²) >= 11 is 3.27. The van der Waals surface area contributed by atoms with Gasteiger partial charge < -0.3 is 0 Å². The highest BCUT2D eigenvalue weighted by molar-refractivity contribution is 9.10. The Balaban J connectivity index is 2.23. The number of rotatable bonds is 4. The van der Waals surface area contributed by atoms with Gasteiger partial charge in [0.25, 0.3) is 0 Å². The highest BCUT2D eigenvalue weighted by Gasteiger charge is 2.18. The van der Waals surface area contributed by atoms with Gasteiger partial charge in [0.15, 0.2) is 5.78 Å². The number of hydrogen-bond acceptors (Lipinski definition) is 2. The number of aromatic nitrogens is 2. The predicted octanol–water partition coefficient (Wildman–Crippen LogP) is 3.35. The largest absolute Gasteiger partial charge is 0.293 e. The van der Waals surface area contributed by atoms with Crippen LogP contribution in [0.4, 0.5) is 4.39 Å². The third-order valence-corrected chi connectivity index (χ3v) is 3.39. The first kappa shape index (κ1) is 13.9. The first-order valence-corrected chi connectivity index (χ1v) is 6.85. The highest BCUT2D eigenvalue weighted by Crippen LogP contribution is 2.15. The van der Waals surface area contributed by atoms with Gasteiger partial charge in [-0.05, 0) is 31.5 Å². The average Bonchev–Trinajstić information content (AvgIpc) is 2.73. The van der Waals surface area contributed by atoms with Crippen molar-refractivity contribution in [1.29, 1.82) is 0 Å². The topological polar surface area (TPSA) is 34.9 Å². The van der Waals surface area contributed by atoms with E-state index in [1.54, 1.807) is 29.9 Å². The normalized spacial score (nSPS) is 12.4. The summed E-state index contributed by atoms with van der Waals surface area (Å²) < 4.78 is 14.6. The molecule has 0 saturated heterocycles. The fourth-order valence-electron chi connectivity index (χ4n) is 1.82.